The van der Waals surface area contributed by atoms with Gasteiger partial charge >= 0.3 is 0 Å². The number of nitrogen functional groups attached to an aromatic ring is 1. The zero-order valence-electron chi connectivity index (χ0n) is 9.07. The van der Waals surface area contributed by atoms with Crippen molar-refractivity contribution in [3.63, 3.8) is 0 Å². The number of hydrogen-bond donors (Lipinski definition) is 2. The summed E-state index contributed by atoms with van der Waals surface area (Å²) < 4.78 is 39.3. The third-order valence-electron chi connectivity index (χ3n) is 2.52. The Labute approximate surface area is 101 Å². The van der Waals surface area contributed by atoms with Crippen LogP contribution in [0.25, 0.3) is 0 Å². The van der Waals surface area contributed by atoms with E-state index in [1.807, 2.05) is 0 Å². The van der Waals surface area contributed by atoms with Crippen molar-refractivity contribution in [2.24, 2.45) is 0 Å². The first-order valence-electron chi connectivity index (χ1n) is 5.02. The van der Waals surface area contributed by atoms with Crippen LogP contribution in [0.15, 0.2) is 30.6 Å². The van der Waals surface area contributed by atoms with Crippen molar-refractivity contribution in [2.75, 3.05) is 5.73 Å². The van der Waals surface area contributed by atoms with Crippen molar-refractivity contribution in [1.82, 2.24) is 4.98 Å². The summed E-state index contributed by atoms with van der Waals surface area (Å²) in [5.41, 5.74) is 5.50. The summed E-state index contributed by atoms with van der Waals surface area (Å²) in [6.45, 7) is 0. The lowest BCUT2D eigenvalue weighted by Gasteiger charge is -2.14. The van der Waals surface area contributed by atoms with E-state index in [0.29, 0.717) is 12.1 Å². The molecule has 1 heterocycles. The Morgan fingerprint density at radius 3 is 2.39 bits per heavy atom. The number of nitrogens with two attached hydrogens (primary N) is 1. The predicted octanol–water partition coefficient (Wildman–Crippen LogP) is 2.16. The van der Waals surface area contributed by atoms with Gasteiger partial charge in [0.25, 0.3) is 0 Å². The minimum Gasteiger partial charge on any atom is -0.398 e. The van der Waals surface area contributed by atoms with E-state index in [0.717, 1.165) is 0 Å². The third-order valence-corrected chi connectivity index (χ3v) is 2.52. The molecule has 18 heavy (non-hydrogen) atoms. The number of pyridine rings is 1. The molecule has 3 N–H and O–H groups in total. The molecular weight excluding hydrogens is 245 g/mol. The van der Waals surface area contributed by atoms with Crippen LogP contribution in [0.4, 0.5) is 18.9 Å². The van der Waals surface area contributed by atoms with Gasteiger partial charge in [-0.15, -0.1) is 0 Å². The number of aliphatic hydroxyl groups is 1. The summed E-state index contributed by atoms with van der Waals surface area (Å²) in [6, 6.07) is 2.39. The van der Waals surface area contributed by atoms with Gasteiger partial charge in [0.1, 0.15) is 11.9 Å². The molecular formula is C12H9F3N2O. The van der Waals surface area contributed by atoms with Gasteiger partial charge in [-0.25, -0.2) is 13.2 Å². The monoisotopic (exact) mass is 254 g/mol. The highest BCUT2D eigenvalue weighted by atomic mass is 19.2. The number of aliphatic hydroxyl groups excluding tert-OH is 1. The van der Waals surface area contributed by atoms with Crippen LogP contribution in [0.1, 0.15) is 17.2 Å². The molecule has 0 saturated carbocycles. The number of nitrogens with zero attached hydrogens (tertiary/aromatic N) is 1. The van der Waals surface area contributed by atoms with Gasteiger partial charge < -0.3 is 10.8 Å². The van der Waals surface area contributed by atoms with Crippen LogP contribution in [0, 0.1) is 17.5 Å². The second kappa shape index (κ2) is 4.66. The highest BCUT2D eigenvalue weighted by Gasteiger charge is 2.20. The SMILES string of the molecule is Nc1ccncc1C(O)c1cc(F)c(F)cc1F. The predicted molar refractivity (Wildman–Crippen MR) is 59.0 cm³/mol. The molecule has 0 fully saturated rings. The number of anilines is 1. The van der Waals surface area contributed by atoms with Crippen molar-refractivity contribution in [3.8, 4) is 0 Å². The summed E-state index contributed by atoms with van der Waals surface area (Å²) >= 11 is 0. The van der Waals surface area contributed by atoms with Crippen LogP contribution in [-0.2, 0) is 0 Å². The first-order valence-corrected chi connectivity index (χ1v) is 5.02. The number of halogens is 3. The summed E-state index contributed by atoms with van der Waals surface area (Å²) in [7, 11) is 0. The van der Waals surface area contributed by atoms with Gasteiger partial charge in [0, 0.05) is 35.3 Å². The topological polar surface area (TPSA) is 59.1 Å². The average Bonchev–Trinajstić information content (AvgIpc) is 2.33. The lowest BCUT2D eigenvalue weighted by atomic mass is 10.0. The van der Waals surface area contributed by atoms with Gasteiger partial charge in [0.15, 0.2) is 11.6 Å². The molecule has 0 bridgehead atoms. The van der Waals surface area contributed by atoms with Gasteiger partial charge in [0.2, 0.25) is 0 Å². The fourth-order valence-electron chi connectivity index (χ4n) is 1.56. The van der Waals surface area contributed by atoms with Gasteiger partial charge in [-0.3, -0.25) is 4.98 Å². The van der Waals surface area contributed by atoms with E-state index in [2.05, 4.69) is 4.98 Å². The Morgan fingerprint density at radius 1 is 1.06 bits per heavy atom. The molecule has 0 amide bonds. The summed E-state index contributed by atoms with van der Waals surface area (Å²) in [5, 5.41) is 9.92. The quantitative estimate of drug-likeness (QED) is 0.807. The Balaban J connectivity index is 2.50. The zero-order chi connectivity index (χ0) is 13.3. The van der Waals surface area contributed by atoms with Crippen LogP contribution in [0.3, 0.4) is 0 Å². The van der Waals surface area contributed by atoms with E-state index in [-0.39, 0.29) is 11.3 Å². The summed E-state index contributed by atoms with van der Waals surface area (Å²) in [4.78, 5) is 3.73. The minimum absolute atomic E-state index is 0.127. The molecule has 0 spiro atoms. The molecule has 1 aromatic carbocycles. The number of benzene rings is 1. The van der Waals surface area contributed by atoms with Crippen molar-refractivity contribution in [2.45, 2.75) is 6.10 Å². The Bertz CT molecular complexity index is 590. The summed E-state index contributed by atoms with van der Waals surface area (Å²) in [5.74, 6) is -3.61. The molecule has 1 atom stereocenters. The van der Waals surface area contributed by atoms with Crippen molar-refractivity contribution < 1.29 is 18.3 Å². The average molecular weight is 254 g/mol. The van der Waals surface area contributed by atoms with Crippen LogP contribution in [0.2, 0.25) is 0 Å². The zero-order valence-corrected chi connectivity index (χ0v) is 9.07. The van der Waals surface area contributed by atoms with Gasteiger partial charge in [-0.1, -0.05) is 0 Å². The molecule has 1 aromatic heterocycles. The Kier molecular flexibility index (Phi) is 3.20. The first kappa shape index (κ1) is 12.4. The second-order valence-electron chi connectivity index (χ2n) is 3.69. The largest absolute Gasteiger partial charge is 0.398 e. The molecule has 0 radical (unpaired) electrons. The van der Waals surface area contributed by atoms with Gasteiger partial charge in [-0.05, 0) is 12.1 Å². The van der Waals surface area contributed by atoms with Crippen LogP contribution in [0.5, 0.6) is 0 Å². The fourth-order valence-corrected chi connectivity index (χ4v) is 1.56. The van der Waals surface area contributed by atoms with Gasteiger partial charge in [0.05, 0.1) is 0 Å². The lowest BCUT2D eigenvalue weighted by molar-refractivity contribution is 0.214. The normalized spacial score (nSPS) is 12.4. The maximum Gasteiger partial charge on any atom is 0.161 e. The van der Waals surface area contributed by atoms with E-state index in [1.54, 1.807) is 0 Å². The lowest BCUT2D eigenvalue weighted by Crippen LogP contribution is -2.07. The molecule has 2 rings (SSSR count). The number of aromatic nitrogens is 1. The van der Waals surface area contributed by atoms with Crippen LogP contribution < -0.4 is 5.73 Å². The Hall–Kier alpha value is -2.08. The molecule has 94 valence electrons. The smallest absolute Gasteiger partial charge is 0.161 e. The molecule has 2 aromatic rings. The van der Waals surface area contributed by atoms with Crippen molar-refractivity contribution in [1.29, 1.82) is 0 Å². The first-order chi connectivity index (χ1) is 8.50. The van der Waals surface area contributed by atoms with Crippen LogP contribution in [-0.4, -0.2) is 10.1 Å². The van der Waals surface area contributed by atoms with E-state index < -0.39 is 29.1 Å². The molecule has 6 heteroatoms. The molecule has 1 unspecified atom stereocenters. The standard InChI is InChI=1S/C12H9F3N2O/c13-8-4-10(15)9(14)3-6(8)12(18)7-5-17-2-1-11(7)16/h1-5,12,18H,(H2,16,17). The molecule has 0 aliphatic heterocycles. The minimum atomic E-state index is -1.51. The van der Waals surface area contributed by atoms with E-state index in [4.69, 9.17) is 5.73 Å². The fraction of sp³-hybridized carbons (Fsp3) is 0.0833. The molecule has 0 aliphatic rings. The Morgan fingerprint density at radius 2 is 1.72 bits per heavy atom. The summed E-state index contributed by atoms with van der Waals surface area (Å²) in [6.07, 6.45) is 1.13. The molecule has 0 aliphatic carbocycles. The van der Waals surface area contributed by atoms with Crippen molar-refractivity contribution in [3.05, 3.63) is 59.2 Å². The van der Waals surface area contributed by atoms with Crippen LogP contribution >= 0.6 is 0 Å². The second-order valence-corrected chi connectivity index (χ2v) is 3.69. The number of hydrogen-bond acceptors (Lipinski definition) is 3. The number of rotatable bonds is 2. The highest BCUT2D eigenvalue weighted by molar-refractivity contribution is 5.48. The maximum atomic E-state index is 13.5. The molecule has 3 nitrogen and oxygen atoms in total. The van der Waals surface area contributed by atoms with E-state index in [1.165, 1.54) is 18.5 Å². The van der Waals surface area contributed by atoms with Crippen molar-refractivity contribution >= 4 is 5.69 Å². The molecule has 0 saturated heterocycles. The van der Waals surface area contributed by atoms with E-state index in [9.17, 15) is 18.3 Å². The highest BCUT2D eigenvalue weighted by Crippen LogP contribution is 2.28. The van der Waals surface area contributed by atoms with Gasteiger partial charge in [-0.2, -0.15) is 0 Å². The van der Waals surface area contributed by atoms with E-state index >= 15 is 0 Å². The third kappa shape index (κ3) is 2.14. The maximum absolute atomic E-state index is 13.5.